The van der Waals surface area contributed by atoms with Crippen molar-refractivity contribution in [2.45, 2.75) is 39.0 Å². The van der Waals surface area contributed by atoms with Crippen molar-refractivity contribution in [3.05, 3.63) is 35.9 Å². The van der Waals surface area contributed by atoms with Crippen molar-refractivity contribution < 1.29 is 4.79 Å². The maximum atomic E-state index is 12.4. The molecule has 1 amide bonds. The molecule has 98 valence electrons. The highest BCUT2D eigenvalue weighted by Gasteiger charge is 2.45. The Morgan fingerprint density at radius 2 is 1.78 bits per heavy atom. The Morgan fingerprint density at radius 3 is 2.33 bits per heavy atom. The van der Waals surface area contributed by atoms with Gasteiger partial charge in [-0.2, -0.15) is 0 Å². The molecule has 2 heteroatoms. The van der Waals surface area contributed by atoms with E-state index in [9.17, 15) is 4.79 Å². The van der Waals surface area contributed by atoms with E-state index in [0.717, 1.165) is 32.4 Å². The second-order valence-corrected chi connectivity index (χ2v) is 5.18. The zero-order chi connectivity index (χ0) is 13.0. The Morgan fingerprint density at radius 1 is 1.17 bits per heavy atom. The van der Waals surface area contributed by atoms with E-state index >= 15 is 0 Å². The van der Waals surface area contributed by atoms with E-state index in [1.807, 2.05) is 11.0 Å². The number of hydrogen-bond acceptors (Lipinski definition) is 1. The van der Waals surface area contributed by atoms with Gasteiger partial charge in [0, 0.05) is 19.0 Å². The molecular weight excluding hydrogens is 222 g/mol. The molecule has 1 aliphatic carbocycles. The summed E-state index contributed by atoms with van der Waals surface area (Å²) in [5.41, 5.74) is 1.32. The van der Waals surface area contributed by atoms with Gasteiger partial charge in [-0.25, -0.2) is 0 Å². The highest BCUT2D eigenvalue weighted by Crippen LogP contribution is 2.48. The first-order valence-electron chi connectivity index (χ1n) is 7.11. The summed E-state index contributed by atoms with van der Waals surface area (Å²) in [4.78, 5) is 14.4. The minimum atomic E-state index is 0.241. The van der Waals surface area contributed by atoms with Crippen LogP contribution in [-0.2, 0) is 4.79 Å². The molecule has 18 heavy (non-hydrogen) atoms. The van der Waals surface area contributed by atoms with Crippen LogP contribution in [0.25, 0.3) is 0 Å². The predicted molar refractivity (Wildman–Crippen MR) is 74.5 cm³/mol. The molecule has 0 aliphatic heterocycles. The van der Waals surface area contributed by atoms with Crippen LogP contribution in [-0.4, -0.2) is 23.9 Å². The van der Waals surface area contributed by atoms with Crippen molar-refractivity contribution in [3.8, 4) is 0 Å². The fourth-order valence-corrected chi connectivity index (χ4v) is 2.64. The van der Waals surface area contributed by atoms with Gasteiger partial charge in [0.05, 0.1) is 0 Å². The van der Waals surface area contributed by atoms with Crippen LogP contribution in [0.5, 0.6) is 0 Å². The quantitative estimate of drug-likeness (QED) is 0.752. The van der Waals surface area contributed by atoms with Gasteiger partial charge in [0.1, 0.15) is 0 Å². The van der Waals surface area contributed by atoms with E-state index in [1.54, 1.807) is 0 Å². The van der Waals surface area contributed by atoms with Gasteiger partial charge in [0.15, 0.2) is 0 Å². The van der Waals surface area contributed by atoms with Gasteiger partial charge in [0.25, 0.3) is 0 Å². The minimum Gasteiger partial charge on any atom is -0.342 e. The first-order valence-corrected chi connectivity index (χ1v) is 7.11. The molecule has 0 heterocycles. The van der Waals surface area contributed by atoms with Crippen LogP contribution < -0.4 is 0 Å². The van der Waals surface area contributed by atoms with E-state index < -0.39 is 0 Å². The number of benzene rings is 1. The Hall–Kier alpha value is -1.31. The van der Waals surface area contributed by atoms with E-state index in [0.29, 0.717) is 11.8 Å². The Balaban J connectivity index is 1.95. The van der Waals surface area contributed by atoms with Crippen molar-refractivity contribution in [1.82, 2.24) is 4.90 Å². The maximum absolute atomic E-state index is 12.4. The van der Waals surface area contributed by atoms with Gasteiger partial charge in [0.2, 0.25) is 5.91 Å². The van der Waals surface area contributed by atoms with Gasteiger partial charge in [-0.1, -0.05) is 44.2 Å². The molecule has 1 aromatic rings. The Kier molecular flexibility index (Phi) is 4.40. The van der Waals surface area contributed by atoms with Crippen LogP contribution in [0.4, 0.5) is 0 Å². The van der Waals surface area contributed by atoms with E-state index in [1.165, 1.54) is 5.56 Å². The molecule has 0 spiro atoms. The largest absolute Gasteiger partial charge is 0.342 e. The molecule has 1 aliphatic rings. The molecular formula is C16H23NO. The molecule has 0 saturated heterocycles. The number of rotatable bonds is 6. The SMILES string of the molecule is CCCN(CCC)C(=O)C1CC1c1ccccc1. The topological polar surface area (TPSA) is 20.3 Å². The van der Waals surface area contributed by atoms with Crippen LogP contribution in [0, 0.1) is 5.92 Å². The summed E-state index contributed by atoms with van der Waals surface area (Å²) in [5, 5.41) is 0. The lowest BCUT2D eigenvalue weighted by molar-refractivity contribution is -0.132. The number of nitrogens with zero attached hydrogens (tertiary/aromatic N) is 1. The van der Waals surface area contributed by atoms with Gasteiger partial charge in [-0.15, -0.1) is 0 Å². The smallest absolute Gasteiger partial charge is 0.226 e. The zero-order valence-corrected chi connectivity index (χ0v) is 11.4. The van der Waals surface area contributed by atoms with Crippen molar-refractivity contribution in [1.29, 1.82) is 0 Å². The molecule has 0 bridgehead atoms. The standard InChI is InChI=1S/C16H23NO/c1-3-10-17(11-4-2)16(18)15-12-14(15)13-8-6-5-7-9-13/h5-9,14-15H,3-4,10-12H2,1-2H3. The fourth-order valence-electron chi connectivity index (χ4n) is 2.64. The van der Waals surface area contributed by atoms with Gasteiger partial charge < -0.3 is 4.90 Å². The van der Waals surface area contributed by atoms with Crippen LogP contribution in [0.3, 0.4) is 0 Å². The predicted octanol–water partition coefficient (Wildman–Crippen LogP) is 3.44. The molecule has 1 saturated carbocycles. The average Bonchev–Trinajstić information content (AvgIpc) is 3.19. The molecule has 2 atom stereocenters. The van der Waals surface area contributed by atoms with Gasteiger partial charge in [-0.05, 0) is 30.7 Å². The first-order chi connectivity index (χ1) is 8.77. The highest BCUT2D eigenvalue weighted by molar-refractivity contribution is 5.83. The normalized spacial score (nSPS) is 21.7. The van der Waals surface area contributed by atoms with Crippen LogP contribution in [0.15, 0.2) is 30.3 Å². The van der Waals surface area contributed by atoms with Crippen LogP contribution in [0.2, 0.25) is 0 Å². The molecule has 2 unspecified atom stereocenters. The molecule has 2 rings (SSSR count). The van der Waals surface area contributed by atoms with E-state index in [-0.39, 0.29) is 5.92 Å². The lowest BCUT2D eigenvalue weighted by Crippen LogP contribution is -2.34. The van der Waals surface area contributed by atoms with Crippen molar-refractivity contribution in [2.24, 2.45) is 5.92 Å². The minimum absolute atomic E-state index is 0.241. The van der Waals surface area contributed by atoms with Gasteiger partial charge in [-0.3, -0.25) is 4.79 Å². The lowest BCUT2D eigenvalue weighted by Gasteiger charge is -2.21. The van der Waals surface area contributed by atoms with E-state index in [2.05, 4.69) is 38.1 Å². The van der Waals surface area contributed by atoms with Gasteiger partial charge >= 0.3 is 0 Å². The summed E-state index contributed by atoms with van der Waals surface area (Å²) < 4.78 is 0. The van der Waals surface area contributed by atoms with Crippen molar-refractivity contribution in [2.75, 3.05) is 13.1 Å². The summed E-state index contributed by atoms with van der Waals surface area (Å²) in [7, 11) is 0. The van der Waals surface area contributed by atoms with Crippen molar-refractivity contribution >= 4 is 5.91 Å². The Bertz CT molecular complexity index is 381. The van der Waals surface area contributed by atoms with Crippen LogP contribution >= 0.6 is 0 Å². The number of amides is 1. The second-order valence-electron chi connectivity index (χ2n) is 5.18. The van der Waals surface area contributed by atoms with E-state index in [4.69, 9.17) is 0 Å². The average molecular weight is 245 g/mol. The fraction of sp³-hybridized carbons (Fsp3) is 0.562. The first kappa shape index (κ1) is 13.1. The number of hydrogen-bond donors (Lipinski definition) is 0. The summed E-state index contributed by atoms with van der Waals surface area (Å²) in [6, 6.07) is 10.4. The summed E-state index contributed by atoms with van der Waals surface area (Å²) >= 11 is 0. The lowest BCUT2D eigenvalue weighted by atomic mass is 10.1. The molecule has 0 N–H and O–H groups in total. The third kappa shape index (κ3) is 2.92. The third-order valence-corrected chi connectivity index (χ3v) is 3.63. The zero-order valence-electron chi connectivity index (χ0n) is 11.4. The number of carbonyl (C=O) groups excluding carboxylic acids is 1. The molecule has 0 aromatic heterocycles. The Labute approximate surface area is 110 Å². The molecule has 1 aromatic carbocycles. The summed E-state index contributed by atoms with van der Waals surface area (Å²) in [6.45, 7) is 6.09. The summed E-state index contributed by atoms with van der Waals surface area (Å²) in [6.07, 6.45) is 3.13. The molecule has 1 fully saturated rings. The summed E-state index contributed by atoms with van der Waals surface area (Å²) in [5.74, 6) is 1.08. The molecule has 2 nitrogen and oxygen atoms in total. The number of carbonyl (C=O) groups is 1. The molecule has 0 radical (unpaired) electrons. The second kappa shape index (κ2) is 6.03. The maximum Gasteiger partial charge on any atom is 0.226 e. The third-order valence-electron chi connectivity index (χ3n) is 3.63. The van der Waals surface area contributed by atoms with Crippen molar-refractivity contribution in [3.63, 3.8) is 0 Å². The highest BCUT2D eigenvalue weighted by atomic mass is 16.2. The monoisotopic (exact) mass is 245 g/mol. The van der Waals surface area contributed by atoms with Crippen LogP contribution in [0.1, 0.15) is 44.6 Å².